The lowest BCUT2D eigenvalue weighted by atomic mass is 10.1. The van der Waals surface area contributed by atoms with Crippen LogP contribution in [-0.4, -0.2) is 24.4 Å². The minimum absolute atomic E-state index is 0.142. The van der Waals surface area contributed by atoms with Crippen molar-refractivity contribution < 1.29 is 4.79 Å². The molecule has 1 N–H and O–H groups in total. The maximum Gasteiger partial charge on any atom is 0.238 e. The van der Waals surface area contributed by atoms with Crippen molar-refractivity contribution in [2.24, 2.45) is 0 Å². The second-order valence-electron chi connectivity index (χ2n) is 5.94. The van der Waals surface area contributed by atoms with Gasteiger partial charge in [-0.25, -0.2) is 0 Å². The Balaban J connectivity index is 1.95. The summed E-state index contributed by atoms with van der Waals surface area (Å²) < 4.78 is 0. The molecule has 1 amide bonds. The highest BCUT2D eigenvalue weighted by molar-refractivity contribution is 6.40. The fourth-order valence-corrected chi connectivity index (χ4v) is 2.91. The number of aryl methyl sites for hydroxylation is 2. The Labute approximate surface area is 153 Å². The van der Waals surface area contributed by atoms with Gasteiger partial charge in [0.25, 0.3) is 0 Å². The third-order valence-corrected chi connectivity index (χ3v) is 4.65. The van der Waals surface area contributed by atoms with Gasteiger partial charge < -0.3 is 5.32 Å². The van der Waals surface area contributed by atoms with E-state index in [0.29, 0.717) is 22.3 Å². The topological polar surface area (TPSA) is 32.3 Å². The van der Waals surface area contributed by atoms with E-state index in [-0.39, 0.29) is 12.5 Å². The number of likely N-dealkylation sites (N-methyl/N-ethyl adjacent to an activating group) is 1. The average Bonchev–Trinajstić information content (AvgIpc) is 2.55. The molecule has 0 aliphatic rings. The largest absolute Gasteiger partial charge is 0.322 e. The molecule has 2 aromatic rings. The first kappa shape index (κ1) is 18.8. The zero-order valence-electron chi connectivity index (χ0n) is 14.2. The minimum Gasteiger partial charge on any atom is -0.322 e. The summed E-state index contributed by atoms with van der Waals surface area (Å²) in [7, 11) is 1.91. The van der Waals surface area contributed by atoms with E-state index in [4.69, 9.17) is 23.2 Å². The molecule has 0 saturated carbocycles. The molecule has 128 valence electrons. The Morgan fingerprint density at radius 3 is 2.33 bits per heavy atom. The van der Waals surface area contributed by atoms with E-state index >= 15 is 0 Å². The van der Waals surface area contributed by atoms with Crippen LogP contribution in [0.25, 0.3) is 0 Å². The van der Waals surface area contributed by atoms with Gasteiger partial charge in [-0.15, -0.1) is 0 Å². The number of carbonyl (C=O) groups excluding carboxylic acids is 1. The summed E-state index contributed by atoms with van der Waals surface area (Å²) in [5.41, 5.74) is 3.83. The second-order valence-corrected chi connectivity index (χ2v) is 6.73. The molecule has 24 heavy (non-hydrogen) atoms. The molecule has 0 fully saturated rings. The van der Waals surface area contributed by atoms with Gasteiger partial charge in [0, 0.05) is 6.54 Å². The van der Waals surface area contributed by atoms with Gasteiger partial charge in [-0.3, -0.25) is 9.69 Å². The van der Waals surface area contributed by atoms with Crippen LogP contribution in [0, 0.1) is 6.92 Å². The molecule has 0 atom stereocenters. The summed E-state index contributed by atoms with van der Waals surface area (Å²) in [6.07, 6.45) is 1.02. The summed E-state index contributed by atoms with van der Waals surface area (Å²) in [6.45, 7) is 4.97. The van der Waals surface area contributed by atoms with Crippen LogP contribution < -0.4 is 5.32 Å². The number of carbonyl (C=O) groups is 1. The average molecular weight is 365 g/mol. The molecule has 0 saturated heterocycles. The molecule has 2 aromatic carbocycles. The minimum atomic E-state index is -0.142. The van der Waals surface area contributed by atoms with Crippen LogP contribution in [0.3, 0.4) is 0 Å². The standard InChI is InChI=1S/C19H22Cl2N2O/c1-4-14-6-8-15(9-7-14)11-23(3)12-17(24)22-19-16(20)10-5-13(2)18(19)21/h5-10H,4,11-12H2,1-3H3,(H,22,24). The molecule has 0 bridgehead atoms. The number of hydrogen-bond acceptors (Lipinski definition) is 2. The Kier molecular flexibility index (Phi) is 6.67. The molecule has 0 radical (unpaired) electrons. The molecule has 0 heterocycles. The highest BCUT2D eigenvalue weighted by Gasteiger charge is 2.13. The molecule has 0 aliphatic carbocycles. The SMILES string of the molecule is CCc1ccc(CN(C)CC(=O)Nc2c(Cl)ccc(C)c2Cl)cc1. The van der Waals surface area contributed by atoms with Gasteiger partial charge in [-0.1, -0.05) is 60.5 Å². The lowest BCUT2D eigenvalue weighted by Gasteiger charge is -2.17. The normalized spacial score (nSPS) is 10.9. The number of nitrogens with zero attached hydrogens (tertiary/aromatic N) is 1. The van der Waals surface area contributed by atoms with Crippen LogP contribution in [-0.2, 0) is 17.8 Å². The smallest absolute Gasteiger partial charge is 0.238 e. The fraction of sp³-hybridized carbons (Fsp3) is 0.316. The van der Waals surface area contributed by atoms with Crippen molar-refractivity contribution in [2.45, 2.75) is 26.8 Å². The number of benzene rings is 2. The molecule has 2 rings (SSSR count). The molecule has 0 aromatic heterocycles. The second kappa shape index (κ2) is 8.52. The van der Waals surface area contributed by atoms with Gasteiger partial charge in [0.1, 0.15) is 0 Å². The third-order valence-electron chi connectivity index (χ3n) is 3.85. The number of anilines is 1. The number of rotatable bonds is 6. The Morgan fingerprint density at radius 2 is 1.71 bits per heavy atom. The maximum absolute atomic E-state index is 12.3. The van der Waals surface area contributed by atoms with Gasteiger partial charge in [-0.2, -0.15) is 0 Å². The van der Waals surface area contributed by atoms with Crippen molar-refractivity contribution >= 4 is 34.8 Å². The van der Waals surface area contributed by atoms with Crippen molar-refractivity contribution in [1.82, 2.24) is 4.90 Å². The quantitative estimate of drug-likeness (QED) is 0.787. The monoisotopic (exact) mass is 364 g/mol. The highest BCUT2D eigenvalue weighted by Crippen LogP contribution is 2.32. The third kappa shape index (κ3) is 4.97. The van der Waals surface area contributed by atoms with Crippen LogP contribution in [0.1, 0.15) is 23.6 Å². The van der Waals surface area contributed by atoms with Crippen LogP contribution in [0.15, 0.2) is 36.4 Å². The molecular formula is C19H22Cl2N2O. The Morgan fingerprint density at radius 1 is 1.08 bits per heavy atom. The van der Waals surface area contributed by atoms with Crippen molar-refractivity contribution in [3.05, 3.63) is 63.1 Å². The van der Waals surface area contributed by atoms with E-state index in [9.17, 15) is 4.79 Å². The van der Waals surface area contributed by atoms with E-state index in [1.807, 2.05) is 24.9 Å². The first-order valence-corrected chi connectivity index (χ1v) is 8.67. The van der Waals surface area contributed by atoms with Crippen molar-refractivity contribution in [2.75, 3.05) is 18.9 Å². The molecule has 0 spiro atoms. The van der Waals surface area contributed by atoms with E-state index < -0.39 is 0 Å². The van der Waals surface area contributed by atoms with Gasteiger partial charge in [0.15, 0.2) is 0 Å². The summed E-state index contributed by atoms with van der Waals surface area (Å²) in [6, 6.07) is 12.0. The van der Waals surface area contributed by atoms with Crippen molar-refractivity contribution in [3.8, 4) is 0 Å². The summed E-state index contributed by atoms with van der Waals surface area (Å²) >= 11 is 12.4. The molecule has 0 aliphatic heterocycles. The fourth-order valence-electron chi connectivity index (χ4n) is 2.44. The van der Waals surface area contributed by atoms with Gasteiger partial charge in [0.2, 0.25) is 5.91 Å². The van der Waals surface area contributed by atoms with Crippen LogP contribution >= 0.6 is 23.2 Å². The molecule has 0 unspecified atom stereocenters. The van der Waals surface area contributed by atoms with Gasteiger partial charge in [-0.05, 0) is 43.1 Å². The Bertz CT molecular complexity index is 714. The van der Waals surface area contributed by atoms with E-state index in [0.717, 1.165) is 12.0 Å². The number of hydrogen-bond donors (Lipinski definition) is 1. The molecular weight excluding hydrogens is 343 g/mol. The first-order valence-electron chi connectivity index (χ1n) is 7.91. The van der Waals surface area contributed by atoms with Crippen LogP contribution in [0.4, 0.5) is 5.69 Å². The highest BCUT2D eigenvalue weighted by atomic mass is 35.5. The Hall–Kier alpha value is -1.55. The number of halogens is 2. The maximum atomic E-state index is 12.3. The molecule has 3 nitrogen and oxygen atoms in total. The van der Waals surface area contributed by atoms with Crippen molar-refractivity contribution in [3.63, 3.8) is 0 Å². The summed E-state index contributed by atoms with van der Waals surface area (Å²) in [5.74, 6) is -0.142. The van der Waals surface area contributed by atoms with Crippen LogP contribution in [0.5, 0.6) is 0 Å². The first-order chi connectivity index (χ1) is 11.4. The van der Waals surface area contributed by atoms with Gasteiger partial charge >= 0.3 is 0 Å². The predicted molar refractivity (Wildman–Crippen MR) is 102 cm³/mol. The zero-order valence-corrected chi connectivity index (χ0v) is 15.7. The lowest BCUT2D eigenvalue weighted by molar-refractivity contribution is -0.117. The number of nitrogens with one attached hydrogen (secondary N) is 1. The molecule has 5 heteroatoms. The predicted octanol–water partition coefficient (Wildman–Crippen LogP) is 4.93. The van der Waals surface area contributed by atoms with E-state index in [1.165, 1.54) is 11.1 Å². The van der Waals surface area contributed by atoms with Gasteiger partial charge in [0.05, 0.1) is 22.3 Å². The van der Waals surface area contributed by atoms with Crippen molar-refractivity contribution in [1.29, 1.82) is 0 Å². The summed E-state index contributed by atoms with van der Waals surface area (Å²) in [5, 5.41) is 3.73. The number of amides is 1. The van der Waals surface area contributed by atoms with E-state index in [1.54, 1.807) is 6.07 Å². The van der Waals surface area contributed by atoms with E-state index in [2.05, 4.69) is 36.5 Å². The zero-order chi connectivity index (χ0) is 17.7. The van der Waals surface area contributed by atoms with Crippen LogP contribution in [0.2, 0.25) is 10.0 Å². The lowest BCUT2D eigenvalue weighted by Crippen LogP contribution is -2.30. The summed E-state index contributed by atoms with van der Waals surface area (Å²) in [4.78, 5) is 14.2.